The standard InChI is InChI=1S/C22H19Cl2FN2O2/c1-2-27-16-8-9-17(28)18(16)19(12-4-3-5-14(24)20(12)25)22(27)13-7-6-11(23)10-15(13)26-21(22)29/h3-7,10,16,18-19H,2,8-9H2,1H3,(H,26,29)/t16-,18-,19-,22+/m0/s1. The van der Waals surface area contributed by atoms with Crippen LogP contribution in [-0.4, -0.2) is 29.2 Å². The maximum absolute atomic E-state index is 15.3. The van der Waals surface area contributed by atoms with Gasteiger partial charge in [-0.05, 0) is 36.7 Å². The number of carbonyl (C=O) groups excluding carboxylic acids is 2. The number of fused-ring (bicyclic) bond motifs is 3. The van der Waals surface area contributed by atoms with Gasteiger partial charge in [-0.1, -0.05) is 48.3 Å². The van der Waals surface area contributed by atoms with Crippen LogP contribution in [0.2, 0.25) is 10.0 Å². The smallest absolute Gasteiger partial charge is 0.250 e. The Labute approximate surface area is 178 Å². The van der Waals surface area contributed by atoms with Crippen molar-refractivity contribution in [2.45, 2.75) is 37.3 Å². The van der Waals surface area contributed by atoms with Crippen molar-refractivity contribution in [3.63, 3.8) is 0 Å². The van der Waals surface area contributed by atoms with Gasteiger partial charge in [0.05, 0.1) is 5.02 Å². The zero-order valence-electron chi connectivity index (χ0n) is 15.7. The van der Waals surface area contributed by atoms with Crippen LogP contribution < -0.4 is 5.32 Å². The Morgan fingerprint density at radius 1 is 1.24 bits per heavy atom. The number of halogens is 3. The second-order valence-electron chi connectivity index (χ2n) is 7.92. The Balaban J connectivity index is 1.84. The molecule has 29 heavy (non-hydrogen) atoms. The lowest BCUT2D eigenvalue weighted by atomic mass is 9.71. The van der Waals surface area contributed by atoms with E-state index in [2.05, 4.69) is 10.2 Å². The van der Waals surface area contributed by atoms with Gasteiger partial charge in [0, 0.05) is 40.6 Å². The lowest BCUT2D eigenvalue weighted by molar-refractivity contribution is -0.128. The van der Waals surface area contributed by atoms with E-state index < -0.39 is 23.2 Å². The Kier molecular flexibility index (Phi) is 4.28. The number of benzene rings is 2. The lowest BCUT2D eigenvalue weighted by Crippen LogP contribution is -2.52. The highest BCUT2D eigenvalue weighted by Crippen LogP contribution is 2.62. The van der Waals surface area contributed by atoms with Crippen LogP contribution in [0.25, 0.3) is 0 Å². The molecule has 1 aliphatic carbocycles. The molecule has 150 valence electrons. The second kappa shape index (κ2) is 6.53. The molecule has 1 saturated carbocycles. The summed E-state index contributed by atoms with van der Waals surface area (Å²) < 4.78 is 15.3. The van der Waals surface area contributed by atoms with Crippen LogP contribution in [0, 0.1) is 11.7 Å². The molecular formula is C22H19Cl2FN2O2. The highest BCUT2D eigenvalue weighted by molar-refractivity contribution is 6.31. The molecule has 2 aliphatic heterocycles. The second-order valence-corrected chi connectivity index (χ2v) is 8.76. The summed E-state index contributed by atoms with van der Waals surface area (Å²) in [7, 11) is 0. The van der Waals surface area contributed by atoms with Gasteiger partial charge in [0.25, 0.3) is 0 Å². The van der Waals surface area contributed by atoms with Crippen molar-refractivity contribution in [2.75, 3.05) is 11.9 Å². The SMILES string of the molecule is CCN1[C@H]2CCC(=O)[C@H]2[C@H](c2cccc(Cl)c2F)[C@]12C(=O)Nc1cc(Cl)ccc12. The summed E-state index contributed by atoms with van der Waals surface area (Å²) in [5.74, 6) is -1.86. The van der Waals surface area contributed by atoms with Crippen LogP contribution in [0.3, 0.4) is 0 Å². The minimum atomic E-state index is -1.17. The molecule has 2 aromatic rings. The van der Waals surface area contributed by atoms with Crippen LogP contribution in [0.4, 0.5) is 10.1 Å². The van der Waals surface area contributed by atoms with Gasteiger partial charge in [-0.15, -0.1) is 0 Å². The first-order valence-electron chi connectivity index (χ1n) is 9.76. The van der Waals surface area contributed by atoms with E-state index in [4.69, 9.17) is 23.2 Å². The van der Waals surface area contributed by atoms with Gasteiger partial charge in [0.2, 0.25) is 5.91 Å². The van der Waals surface area contributed by atoms with Crippen LogP contribution in [0.1, 0.15) is 36.8 Å². The summed E-state index contributed by atoms with van der Waals surface area (Å²) in [5.41, 5.74) is 0.490. The number of hydrogen-bond acceptors (Lipinski definition) is 3. The largest absolute Gasteiger partial charge is 0.324 e. The third-order valence-electron chi connectivity index (χ3n) is 6.78. The van der Waals surface area contributed by atoms with Crippen molar-refractivity contribution in [1.29, 1.82) is 0 Å². The molecule has 1 spiro atoms. The minimum absolute atomic E-state index is 0.00988. The number of likely N-dealkylation sites (tertiary alicyclic amines) is 1. The first-order chi connectivity index (χ1) is 13.9. The number of ketones is 1. The number of hydrogen-bond donors (Lipinski definition) is 1. The van der Waals surface area contributed by atoms with Crippen molar-refractivity contribution in [3.05, 3.63) is 63.4 Å². The number of nitrogens with one attached hydrogen (secondary N) is 1. The van der Waals surface area contributed by atoms with E-state index in [1.54, 1.807) is 24.3 Å². The maximum atomic E-state index is 15.3. The molecule has 2 fully saturated rings. The number of carbonyl (C=O) groups is 2. The molecule has 2 heterocycles. The van der Waals surface area contributed by atoms with Crippen LogP contribution in [0.15, 0.2) is 36.4 Å². The van der Waals surface area contributed by atoms with Crippen molar-refractivity contribution < 1.29 is 14.0 Å². The molecule has 7 heteroatoms. The zero-order chi connectivity index (χ0) is 20.5. The minimum Gasteiger partial charge on any atom is -0.324 e. The highest BCUT2D eigenvalue weighted by Gasteiger charge is 2.69. The predicted octanol–water partition coefficient (Wildman–Crippen LogP) is 4.75. The van der Waals surface area contributed by atoms with Crippen LogP contribution >= 0.6 is 23.2 Å². The van der Waals surface area contributed by atoms with E-state index >= 15 is 4.39 Å². The summed E-state index contributed by atoms with van der Waals surface area (Å²) in [4.78, 5) is 28.7. The van der Waals surface area contributed by atoms with Crippen LogP contribution in [-0.2, 0) is 15.1 Å². The number of nitrogens with zero attached hydrogens (tertiary/aromatic N) is 1. The highest BCUT2D eigenvalue weighted by atomic mass is 35.5. The fraction of sp³-hybridized carbons (Fsp3) is 0.364. The maximum Gasteiger partial charge on any atom is 0.250 e. The average molecular weight is 433 g/mol. The molecular weight excluding hydrogens is 414 g/mol. The van der Waals surface area contributed by atoms with Crippen molar-refractivity contribution in [1.82, 2.24) is 4.90 Å². The molecule has 0 radical (unpaired) electrons. The van der Waals surface area contributed by atoms with E-state index in [0.29, 0.717) is 35.7 Å². The summed E-state index contributed by atoms with van der Waals surface area (Å²) in [6, 6.07) is 9.94. The zero-order valence-corrected chi connectivity index (χ0v) is 17.2. The molecule has 3 aliphatic rings. The Morgan fingerprint density at radius 3 is 2.79 bits per heavy atom. The number of Topliss-reactive ketones (excluding diaryl/α,β-unsaturated/α-hetero) is 1. The molecule has 0 bridgehead atoms. The molecule has 2 aromatic carbocycles. The van der Waals surface area contributed by atoms with Gasteiger partial charge in [-0.3, -0.25) is 14.5 Å². The Hall–Kier alpha value is -1.95. The van der Waals surface area contributed by atoms with E-state index in [-0.39, 0.29) is 22.8 Å². The lowest BCUT2D eigenvalue weighted by Gasteiger charge is -2.39. The third kappa shape index (κ3) is 2.35. The van der Waals surface area contributed by atoms with Crippen molar-refractivity contribution >= 4 is 40.6 Å². The summed E-state index contributed by atoms with van der Waals surface area (Å²) >= 11 is 12.3. The number of anilines is 1. The summed E-state index contributed by atoms with van der Waals surface area (Å²) in [6.45, 7) is 2.53. The molecule has 1 saturated heterocycles. The van der Waals surface area contributed by atoms with E-state index in [9.17, 15) is 9.59 Å². The molecule has 0 aromatic heterocycles. The Morgan fingerprint density at radius 2 is 2.03 bits per heavy atom. The predicted molar refractivity (Wildman–Crippen MR) is 110 cm³/mol. The van der Waals surface area contributed by atoms with Gasteiger partial charge < -0.3 is 5.32 Å². The number of rotatable bonds is 2. The van der Waals surface area contributed by atoms with Gasteiger partial charge in [-0.25, -0.2) is 4.39 Å². The quantitative estimate of drug-likeness (QED) is 0.744. The van der Waals surface area contributed by atoms with Gasteiger partial charge in [0.1, 0.15) is 17.1 Å². The van der Waals surface area contributed by atoms with E-state index in [0.717, 1.165) is 5.56 Å². The first kappa shape index (κ1) is 19.0. The van der Waals surface area contributed by atoms with Crippen LogP contribution in [0.5, 0.6) is 0 Å². The van der Waals surface area contributed by atoms with Gasteiger partial charge >= 0.3 is 0 Å². The van der Waals surface area contributed by atoms with Gasteiger partial charge in [-0.2, -0.15) is 0 Å². The molecule has 0 unspecified atom stereocenters. The van der Waals surface area contributed by atoms with E-state index in [1.807, 2.05) is 13.0 Å². The topological polar surface area (TPSA) is 49.4 Å². The monoisotopic (exact) mass is 432 g/mol. The molecule has 4 atom stereocenters. The molecule has 4 nitrogen and oxygen atoms in total. The molecule has 1 amide bonds. The third-order valence-corrected chi connectivity index (χ3v) is 7.31. The normalized spacial score (nSPS) is 30.7. The van der Waals surface area contributed by atoms with Gasteiger partial charge in [0.15, 0.2) is 0 Å². The van der Waals surface area contributed by atoms with Crippen molar-refractivity contribution in [3.8, 4) is 0 Å². The number of likely N-dealkylation sites (N-methyl/N-ethyl adjacent to an activating group) is 1. The van der Waals surface area contributed by atoms with Crippen molar-refractivity contribution in [2.24, 2.45) is 5.92 Å². The fourth-order valence-corrected chi connectivity index (χ4v) is 6.21. The summed E-state index contributed by atoms with van der Waals surface area (Å²) in [6.07, 6.45) is 1.10. The molecule has 1 N–H and O–H groups in total. The molecule has 5 rings (SSSR count). The Bertz CT molecular complexity index is 1060. The summed E-state index contributed by atoms with van der Waals surface area (Å²) in [5, 5.41) is 3.44. The van der Waals surface area contributed by atoms with E-state index in [1.165, 1.54) is 6.07 Å². The fourth-order valence-electron chi connectivity index (χ4n) is 5.86. The first-order valence-corrected chi connectivity index (χ1v) is 10.5. The average Bonchev–Trinajstić information content (AvgIpc) is 3.29. The number of amides is 1.